The van der Waals surface area contributed by atoms with E-state index in [0.29, 0.717) is 5.13 Å². The fraction of sp³-hybridized carbons (Fsp3) is 0.0500. The van der Waals surface area contributed by atoms with E-state index in [9.17, 15) is 22.8 Å². The van der Waals surface area contributed by atoms with Gasteiger partial charge in [0.1, 0.15) is 11.5 Å². The normalized spacial score (nSPS) is 11.4. The van der Waals surface area contributed by atoms with Gasteiger partial charge in [0, 0.05) is 23.2 Å². The molecule has 0 atom stereocenters. The lowest BCUT2D eigenvalue weighted by molar-refractivity contribution is -0.274. The van der Waals surface area contributed by atoms with Gasteiger partial charge in [-0.15, -0.1) is 24.5 Å². The summed E-state index contributed by atoms with van der Waals surface area (Å²) in [6.07, 6.45) is -3.33. The zero-order valence-electron chi connectivity index (χ0n) is 14.9. The summed E-state index contributed by atoms with van der Waals surface area (Å²) in [6.45, 7) is 0. The van der Waals surface area contributed by atoms with Crippen LogP contribution in [-0.2, 0) is 0 Å². The van der Waals surface area contributed by atoms with Crippen molar-refractivity contribution in [1.82, 2.24) is 4.98 Å². The molecule has 0 radical (unpaired) electrons. The topological polar surface area (TPSA) is 81.4 Å². The molecule has 0 unspecified atom stereocenters. The summed E-state index contributed by atoms with van der Waals surface area (Å²) < 4.78 is 47.2. The summed E-state index contributed by atoms with van der Waals surface area (Å²) in [4.78, 5) is 29.2. The Bertz CT molecular complexity index is 1280. The highest BCUT2D eigenvalue weighted by atomic mass is 32.1. The number of hydrogen-bond donors (Lipinski definition) is 1. The number of anilines is 1. The molecule has 6 nitrogen and oxygen atoms in total. The van der Waals surface area contributed by atoms with E-state index in [4.69, 9.17) is 4.42 Å². The molecule has 0 aliphatic rings. The average molecular weight is 432 g/mol. The first kappa shape index (κ1) is 19.6. The Balaban J connectivity index is 1.79. The van der Waals surface area contributed by atoms with Crippen LogP contribution in [0.15, 0.2) is 69.3 Å². The fourth-order valence-corrected chi connectivity index (χ4v) is 3.32. The first-order valence-electron chi connectivity index (χ1n) is 8.44. The summed E-state index contributed by atoms with van der Waals surface area (Å²) in [5, 5.41) is 4.82. The quantitative estimate of drug-likeness (QED) is 0.487. The minimum absolute atomic E-state index is 0.00498. The molecule has 1 N–H and O–H groups in total. The molecule has 0 aliphatic heterocycles. The lowest BCUT2D eigenvalue weighted by Gasteiger charge is -2.11. The van der Waals surface area contributed by atoms with Crippen LogP contribution in [0, 0.1) is 0 Å². The lowest BCUT2D eigenvalue weighted by atomic mass is 10.1. The maximum absolute atomic E-state index is 12.6. The van der Waals surface area contributed by atoms with Crippen LogP contribution in [0.25, 0.3) is 22.3 Å². The Labute approximate surface area is 170 Å². The number of carbonyl (C=O) groups excluding carboxylic acids is 1. The van der Waals surface area contributed by atoms with Crippen molar-refractivity contribution >= 4 is 33.3 Å². The Morgan fingerprint density at radius 1 is 1.13 bits per heavy atom. The standard InChI is InChI=1S/C20H11F3N2O4S/c21-20(22,23)29-12-4-1-3-11(9-12)16-10-15(26)13-5-2-6-14(17(13)28-16)18(27)25-19-24-7-8-30-19/h1-10H,(H,24,25,27). The number of rotatable bonds is 4. The van der Waals surface area contributed by atoms with E-state index in [0.717, 1.165) is 18.2 Å². The van der Waals surface area contributed by atoms with Crippen molar-refractivity contribution in [1.29, 1.82) is 0 Å². The Morgan fingerprint density at radius 3 is 2.67 bits per heavy atom. The number of thiazole rings is 1. The van der Waals surface area contributed by atoms with Crippen LogP contribution in [0.2, 0.25) is 0 Å². The maximum Gasteiger partial charge on any atom is 0.573 e. The number of hydrogen-bond acceptors (Lipinski definition) is 6. The Morgan fingerprint density at radius 2 is 1.93 bits per heavy atom. The summed E-state index contributed by atoms with van der Waals surface area (Å²) in [5.41, 5.74) is -0.163. The van der Waals surface area contributed by atoms with Crippen LogP contribution in [0.1, 0.15) is 10.4 Å². The molecular weight excluding hydrogens is 421 g/mol. The second kappa shape index (κ2) is 7.64. The average Bonchev–Trinajstić information content (AvgIpc) is 3.19. The summed E-state index contributed by atoms with van der Waals surface area (Å²) in [5.74, 6) is -1.00. The van der Waals surface area contributed by atoms with Gasteiger partial charge in [-0.2, -0.15) is 0 Å². The number of halogens is 3. The number of alkyl halides is 3. The van der Waals surface area contributed by atoms with E-state index >= 15 is 0 Å². The largest absolute Gasteiger partial charge is 0.573 e. The Kier molecular flexibility index (Phi) is 5.00. The number of benzene rings is 2. The van der Waals surface area contributed by atoms with E-state index in [2.05, 4.69) is 15.0 Å². The number of para-hydroxylation sites is 1. The van der Waals surface area contributed by atoms with E-state index in [1.807, 2.05) is 0 Å². The van der Waals surface area contributed by atoms with Gasteiger partial charge in [-0.25, -0.2) is 4.98 Å². The molecule has 4 rings (SSSR count). The molecule has 2 aromatic heterocycles. The number of ether oxygens (including phenoxy) is 1. The zero-order chi connectivity index (χ0) is 21.3. The highest BCUT2D eigenvalue weighted by molar-refractivity contribution is 7.13. The molecule has 10 heteroatoms. The zero-order valence-corrected chi connectivity index (χ0v) is 15.7. The van der Waals surface area contributed by atoms with Gasteiger partial charge in [0.25, 0.3) is 5.91 Å². The summed E-state index contributed by atoms with van der Waals surface area (Å²) in [7, 11) is 0. The third-order valence-electron chi connectivity index (χ3n) is 4.00. The molecule has 30 heavy (non-hydrogen) atoms. The van der Waals surface area contributed by atoms with Gasteiger partial charge in [-0.3, -0.25) is 14.9 Å². The number of nitrogens with zero attached hydrogens (tertiary/aromatic N) is 1. The van der Waals surface area contributed by atoms with Crippen LogP contribution in [0.4, 0.5) is 18.3 Å². The molecule has 152 valence electrons. The van der Waals surface area contributed by atoms with Crippen molar-refractivity contribution < 1.29 is 27.1 Å². The van der Waals surface area contributed by atoms with Crippen LogP contribution < -0.4 is 15.5 Å². The minimum atomic E-state index is -4.86. The van der Waals surface area contributed by atoms with Gasteiger partial charge in [-0.05, 0) is 24.3 Å². The van der Waals surface area contributed by atoms with E-state index in [1.54, 1.807) is 5.38 Å². The van der Waals surface area contributed by atoms with Gasteiger partial charge in [0.05, 0.1) is 10.9 Å². The molecule has 0 saturated heterocycles. The van der Waals surface area contributed by atoms with Crippen molar-refractivity contribution in [3.63, 3.8) is 0 Å². The van der Waals surface area contributed by atoms with Gasteiger partial charge in [0.2, 0.25) is 0 Å². The highest BCUT2D eigenvalue weighted by Crippen LogP contribution is 2.30. The van der Waals surface area contributed by atoms with Crippen molar-refractivity contribution in [2.45, 2.75) is 6.36 Å². The molecule has 0 saturated carbocycles. The van der Waals surface area contributed by atoms with Crippen molar-refractivity contribution in [2.75, 3.05) is 5.32 Å². The summed E-state index contributed by atoms with van der Waals surface area (Å²) in [6, 6.07) is 10.7. The van der Waals surface area contributed by atoms with Crippen molar-refractivity contribution in [2.24, 2.45) is 0 Å². The molecule has 0 aliphatic carbocycles. The van der Waals surface area contributed by atoms with Crippen LogP contribution in [0.3, 0.4) is 0 Å². The minimum Gasteiger partial charge on any atom is -0.455 e. The SMILES string of the molecule is O=C(Nc1nccs1)c1cccc2c(=O)cc(-c3cccc(OC(F)(F)F)c3)oc12. The van der Waals surface area contributed by atoms with E-state index < -0.39 is 23.4 Å². The van der Waals surface area contributed by atoms with Gasteiger partial charge < -0.3 is 9.15 Å². The predicted molar refractivity (Wildman–Crippen MR) is 105 cm³/mol. The molecule has 0 spiro atoms. The number of amides is 1. The van der Waals surface area contributed by atoms with Crippen LogP contribution >= 0.6 is 11.3 Å². The molecule has 0 bridgehead atoms. The molecule has 0 fully saturated rings. The first-order chi connectivity index (χ1) is 14.3. The number of nitrogens with one attached hydrogen (secondary N) is 1. The third-order valence-corrected chi connectivity index (χ3v) is 4.69. The maximum atomic E-state index is 12.6. The fourth-order valence-electron chi connectivity index (χ4n) is 2.79. The van der Waals surface area contributed by atoms with Crippen molar-refractivity contribution in [3.8, 4) is 17.1 Å². The lowest BCUT2D eigenvalue weighted by Crippen LogP contribution is -2.17. The molecular formula is C20H11F3N2O4S. The van der Waals surface area contributed by atoms with E-state index in [1.165, 1.54) is 47.9 Å². The van der Waals surface area contributed by atoms with Gasteiger partial charge in [0.15, 0.2) is 16.1 Å². The number of aromatic nitrogens is 1. The van der Waals surface area contributed by atoms with E-state index in [-0.39, 0.29) is 27.9 Å². The smallest absolute Gasteiger partial charge is 0.455 e. The second-order valence-electron chi connectivity index (χ2n) is 6.02. The monoisotopic (exact) mass is 432 g/mol. The third kappa shape index (κ3) is 4.18. The number of carbonyl (C=O) groups is 1. The molecule has 2 aromatic carbocycles. The summed E-state index contributed by atoms with van der Waals surface area (Å²) >= 11 is 1.22. The van der Waals surface area contributed by atoms with Gasteiger partial charge in [-0.1, -0.05) is 18.2 Å². The molecule has 4 aromatic rings. The molecule has 2 heterocycles. The van der Waals surface area contributed by atoms with Crippen molar-refractivity contribution in [3.05, 3.63) is 75.9 Å². The predicted octanol–water partition coefficient (Wildman–Crippen LogP) is 5.07. The van der Waals surface area contributed by atoms with Gasteiger partial charge >= 0.3 is 6.36 Å². The number of fused-ring (bicyclic) bond motifs is 1. The second-order valence-corrected chi connectivity index (χ2v) is 6.92. The first-order valence-corrected chi connectivity index (χ1v) is 9.32. The molecule has 1 amide bonds. The van der Waals surface area contributed by atoms with Crippen LogP contribution in [0.5, 0.6) is 5.75 Å². The Hall–Kier alpha value is -3.66. The van der Waals surface area contributed by atoms with Crippen LogP contribution in [-0.4, -0.2) is 17.3 Å². The highest BCUT2D eigenvalue weighted by Gasteiger charge is 2.31.